The Bertz CT molecular complexity index is 415. The van der Waals surface area contributed by atoms with Crippen LogP contribution in [-0.4, -0.2) is 26.4 Å². The molecule has 0 aliphatic rings. The molecule has 4 heteroatoms. The van der Waals surface area contributed by atoms with Gasteiger partial charge in [0.05, 0.1) is 0 Å². The van der Waals surface area contributed by atoms with E-state index in [9.17, 15) is 0 Å². The summed E-state index contributed by atoms with van der Waals surface area (Å²) >= 11 is 5.99. The lowest BCUT2D eigenvalue weighted by molar-refractivity contribution is 0.144. The lowest BCUT2D eigenvalue weighted by atomic mass is 10.2. The van der Waals surface area contributed by atoms with Gasteiger partial charge in [-0.15, -0.1) is 6.42 Å². The van der Waals surface area contributed by atoms with Crippen LogP contribution in [0.3, 0.4) is 0 Å². The molecule has 0 amide bonds. The molecule has 0 saturated carbocycles. The molecule has 3 nitrogen and oxygen atoms in total. The van der Waals surface area contributed by atoms with Crippen LogP contribution in [0.15, 0.2) is 18.2 Å². The van der Waals surface area contributed by atoms with Gasteiger partial charge in [-0.25, -0.2) is 0 Å². The molecule has 0 fully saturated rings. The van der Waals surface area contributed by atoms with Gasteiger partial charge >= 0.3 is 0 Å². The first kappa shape index (κ1) is 15.8. The van der Waals surface area contributed by atoms with Crippen molar-refractivity contribution in [3.8, 4) is 18.1 Å². The summed E-state index contributed by atoms with van der Waals surface area (Å²) in [5, 5.41) is 4.03. The number of nitrogens with one attached hydrogen (secondary N) is 1. The van der Waals surface area contributed by atoms with E-state index in [2.05, 4.69) is 11.2 Å². The zero-order valence-corrected chi connectivity index (χ0v) is 12.0. The summed E-state index contributed by atoms with van der Waals surface area (Å²) in [4.78, 5) is 0. The highest BCUT2D eigenvalue weighted by Crippen LogP contribution is 2.22. The first-order chi connectivity index (χ1) is 9.27. The van der Waals surface area contributed by atoms with Crippen LogP contribution in [0.5, 0.6) is 5.75 Å². The van der Waals surface area contributed by atoms with Crippen LogP contribution in [0, 0.1) is 12.3 Å². The minimum Gasteiger partial charge on any atom is -0.481 e. The van der Waals surface area contributed by atoms with E-state index in [0.717, 1.165) is 37.5 Å². The Hall–Kier alpha value is -1.21. The van der Waals surface area contributed by atoms with Gasteiger partial charge in [0, 0.05) is 30.3 Å². The lowest BCUT2D eigenvalue weighted by Gasteiger charge is -2.11. The van der Waals surface area contributed by atoms with Crippen LogP contribution in [-0.2, 0) is 11.3 Å². The van der Waals surface area contributed by atoms with Crippen LogP contribution in [0.4, 0.5) is 0 Å². The number of benzene rings is 1. The normalized spacial score (nSPS) is 10.2. The average Bonchev–Trinajstić information content (AvgIpc) is 2.42. The second-order valence-corrected chi connectivity index (χ2v) is 4.41. The molecule has 1 rings (SSSR count). The molecule has 0 radical (unpaired) electrons. The summed E-state index contributed by atoms with van der Waals surface area (Å²) in [6, 6.07) is 5.53. The molecule has 0 bridgehead atoms. The summed E-state index contributed by atoms with van der Waals surface area (Å²) in [7, 11) is 0. The molecule has 104 valence electrons. The van der Waals surface area contributed by atoms with E-state index in [0.29, 0.717) is 11.6 Å². The van der Waals surface area contributed by atoms with Crippen LogP contribution in [0.2, 0.25) is 5.02 Å². The van der Waals surface area contributed by atoms with E-state index in [1.165, 1.54) is 0 Å². The Morgan fingerprint density at radius 2 is 2.26 bits per heavy atom. The fourth-order valence-corrected chi connectivity index (χ4v) is 1.81. The van der Waals surface area contributed by atoms with Crippen molar-refractivity contribution in [2.24, 2.45) is 0 Å². The van der Waals surface area contributed by atoms with E-state index in [1.54, 1.807) is 6.07 Å². The zero-order chi connectivity index (χ0) is 13.9. The quantitative estimate of drug-likeness (QED) is 0.558. The summed E-state index contributed by atoms with van der Waals surface area (Å²) in [6.45, 7) is 5.39. The van der Waals surface area contributed by atoms with Crippen molar-refractivity contribution in [3.05, 3.63) is 28.8 Å². The number of terminal acetylenes is 1. The maximum Gasteiger partial charge on any atom is 0.148 e. The molecule has 1 aromatic carbocycles. The monoisotopic (exact) mass is 281 g/mol. The number of ether oxygens (including phenoxy) is 2. The third-order valence-corrected chi connectivity index (χ3v) is 2.73. The molecule has 0 aliphatic carbocycles. The maximum absolute atomic E-state index is 5.99. The molecular weight excluding hydrogens is 262 g/mol. The average molecular weight is 282 g/mol. The second-order valence-electron chi connectivity index (χ2n) is 3.97. The fraction of sp³-hybridized carbons (Fsp3) is 0.467. The zero-order valence-electron chi connectivity index (χ0n) is 11.2. The molecule has 0 saturated heterocycles. The van der Waals surface area contributed by atoms with Crippen molar-refractivity contribution in [1.82, 2.24) is 5.32 Å². The number of hydrogen-bond donors (Lipinski definition) is 1. The van der Waals surface area contributed by atoms with Crippen molar-refractivity contribution in [1.29, 1.82) is 0 Å². The van der Waals surface area contributed by atoms with Crippen LogP contribution < -0.4 is 10.1 Å². The largest absolute Gasteiger partial charge is 0.481 e. The Morgan fingerprint density at radius 3 is 3.00 bits per heavy atom. The van der Waals surface area contributed by atoms with Crippen molar-refractivity contribution < 1.29 is 9.47 Å². The molecule has 19 heavy (non-hydrogen) atoms. The maximum atomic E-state index is 5.99. The third kappa shape index (κ3) is 6.49. The van der Waals surface area contributed by atoms with Crippen LogP contribution in [0.25, 0.3) is 0 Å². The molecule has 0 aliphatic heterocycles. The minimum absolute atomic E-state index is 0.263. The van der Waals surface area contributed by atoms with Gasteiger partial charge in [-0.1, -0.05) is 17.5 Å². The molecule has 0 heterocycles. The fourth-order valence-electron chi connectivity index (χ4n) is 1.61. The van der Waals surface area contributed by atoms with Crippen LogP contribution in [0.1, 0.15) is 18.9 Å². The van der Waals surface area contributed by atoms with E-state index in [4.69, 9.17) is 27.5 Å². The van der Waals surface area contributed by atoms with E-state index < -0.39 is 0 Å². The molecule has 0 spiro atoms. The highest BCUT2D eigenvalue weighted by Gasteiger charge is 2.04. The molecule has 1 N–H and O–H groups in total. The molecule has 1 aromatic rings. The predicted octanol–water partition coefficient (Wildman–Crippen LogP) is 2.87. The molecule has 0 unspecified atom stereocenters. The summed E-state index contributed by atoms with van der Waals surface area (Å²) in [6.07, 6.45) is 6.18. The summed E-state index contributed by atoms with van der Waals surface area (Å²) in [5.74, 6) is 3.23. The highest BCUT2D eigenvalue weighted by atomic mass is 35.5. The van der Waals surface area contributed by atoms with Gasteiger partial charge in [0.2, 0.25) is 0 Å². The molecule has 0 aromatic heterocycles. The first-order valence-electron chi connectivity index (χ1n) is 6.41. The Kier molecular flexibility index (Phi) is 8.08. The van der Waals surface area contributed by atoms with Gasteiger partial charge in [-0.2, -0.15) is 0 Å². The van der Waals surface area contributed by atoms with Crippen molar-refractivity contribution in [2.75, 3.05) is 26.4 Å². The second kappa shape index (κ2) is 9.69. The van der Waals surface area contributed by atoms with E-state index in [-0.39, 0.29) is 6.61 Å². The van der Waals surface area contributed by atoms with Gasteiger partial charge in [0.1, 0.15) is 12.4 Å². The standard InChI is InChI=1S/C15H20ClNO2/c1-3-9-19-15-7-6-14(16)11-13(15)12-17-8-5-10-18-4-2/h1,6-7,11,17H,4-5,8-10,12H2,2H3. The van der Waals surface area contributed by atoms with Gasteiger partial charge in [0.15, 0.2) is 0 Å². The Balaban J connectivity index is 2.42. The third-order valence-electron chi connectivity index (χ3n) is 2.50. The van der Waals surface area contributed by atoms with Crippen LogP contribution >= 0.6 is 11.6 Å². The predicted molar refractivity (Wildman–Crippen MR) is 78.6 cm³/mol. The number of rotatable bonds is 9. The molecular formula is C15H20ClNO2. The summed E-state index contributed by atoms with van der Waals surface area (Å²) < 4.78 is 10.8. The lowest BCUT2D eigenvalue weighted by Crippen LogP contribution is -2.17. The highest BCUT2D eigenvalue weighted by molar-refractivity contribution is 6.30. The number of halogens is 1. The van der Waals surface area contributed by atoms with E-state index in [1.807, 2.05) is 19.1 Å². The SMILES string of the molecule is C#CCOc1ccc(Cl)cc1CNCCCOCC. The van der Waals surface area contributed by atoms with Crippen molar-refractivity contribution >= 4 is 11.6 Å². The number of hydrogen-bond acceptors (Lipinski definition) is 3. The topological polar surface area (TPSA) is 30.5 Å². The van der Waals surface area contributed by atoms with Crippen molar-refractivity contribution in [3.63, 3.8) is 0 Å². The van der Waals surface area contributed by atoms with Gasteiger partial charge < -0.3 is 14.8 Å². The Morgan fingerprint density at radius 1 is 1.42 bits per heavy atom. The van der Waals surface area contributed by atoms with Crippen molar-refractivity contribution in [2.45, 2.75) is 19.9 Å². The van der Waals surface area contributed by atoms with E-state index >= 15 is 0 Å². The minimum atomic E-state index is 0.263. The Labute approximate surface area is 120 Å². The van der Waals surface area contributed by atoms with Gasteiger partial charge in [0.25, 0.3) is 0 Å². The van der Waals surface area contributed by atoms with Gasteiger partial charge in [-0.3, -0.25) is 0 Å². The molecule has 0 atom stereocenters. The van der Waals surface area contributed by atoms with Gasteiger partial charge in [-0.05, 0) is 38.1 Å². The smallest absolute Gasteiger partial charge is 0.148 e. The summed E-state index contributed by atoms with van der Waals surface area (Å²) in [5.41, 5.74) is 1.01. The first-order valence-corrected chi connectivity index (χ1v) is 6.79.